The normalized spacial score (nSPS) is 23.0. The maximum absolute atomic E-state index is 14.7. The highest BCUT2D eigenvalue weighted by atomic mass is 35.5. The van der Waals surface area contributed by atoms with Gasteiger partial charge in [-0.15, -0.1) is 0 Å². The predicted octanol–water partition coefficient (Wildman–Crippen LogP) is 2.44. The molecule has 1 aliphatic rings. The van der Waals surface area contributed by atoms with Crippen LogP contribution in [0.2, 0.25) is 5.02 Å². The number of hydrogen-bond acceptors (Lipinski definition) is 5. The fourth-order valence-electron chi connectivity index (χ4n) is 3.14. The van der Waals surface area contributed by atoms with Crippen molar-refractivity contribution >= 4 is 34.9 Å². The number of nitrogens with zero attached hydrogens (tertiary/aromatic N) is 3. The first-order chi connectivity index (χ1) is 16.0. The van der Waals surface area contributed by atoms with Crippen molar-refractivity contribution in [2.45, 2.75) is 31.3 Å². The van der Waals surface area contributed by atoms with Crippen LogP contribution in [0, 0.1) is 18.6 Å². The number of amides is 2. The zero-order valence-corrected chi connectivity index (χ0v) is 16.6. The average Bonchev–Trinajstić information content (AvgIpc) is 2.96. The second kappa shape index (κ2) is 8.26. The van der Waals surface area contributed by atoms with Crippen molar-refractivity contribution in [2.24, 2.45) is 0 Å². The van der Waals surface area contributed by atoms with Crippen molar-refractivity contribution in [1.29, 1.82) is 0 Å². The molecule has 0 saturated carbocycles. The van der Waals surface area contributed by atoms with Gasteiger partial charge in [0.05, 0.1) is 11.3 Å². The van der Waals surface area contributed by atoms with Crippen LogP contribution in [0.4, 0.5) is 33.5 Å². The first kappa shape index (κ1) is 19.8. The summed E-state index contributed by atoms with van der Waals surface area (Å²) in [6.45, 7) is -2.38. The summed E-state index contributed by atoms with van der Waals surface area (Å²) in [5, 5.41) is 19.3. The number of alkyl halides is 3. The van der Waals surface area contributed by atoms with Gasteiger partial charge in [0.1, 0.15) is 28.8 Å². The molecule has 0 aliphatic carbocycles. The van der Waals surface area contributed by atoms with Crippen LogP contribution in [0.15, 0.2) is 24.3 Å². The van der Waals surface area contributed by atoms with Crippen LogP contribution in [0.1, 0.15) is 15.4 Å². The van der Waals surface area contributed by atoms with Crippen LogP contribution in [0.25, 0.3) is 0 Å². The molecular weight excluding hydrogens is 465 g/mol. The van der Waals surface area contributed by atoms with Gasteiger partial charge in [-0.05, 0) is 31.2 Å². The average molecular weight is 483 g/mol. The molecule has 7 nitrogen and oxygen atoms in total. The molecule has 0 radical (unpaired) electrons. The minimum Gasteiger partial charge on any atom is -0.387 e. The Balaban J connectivity index is 2.20. The number of aliphatic hydroxyl groups excluding tert-OH is 2. The maximum Gasteiger partial charge on any atom is 0.416 e. The van der Waals surface area contributed by atoms with Crippen LogP contribution in [0.3, 0.4) is 0 Å². The van der Waals surface area contributed by atoms with Gasteiger partial charge in [-0.3, -0.25) is 14.5 Å². The molecule has 1 fully saturated rings. The number of rotatable bonds is 3. The molecule has 1 aromatic heterocycles. The van der Waals surface area contributed by atoms with Gasteiger partial charge in [-0.1, -0.05) is 11.6 Å². The van der Waals surface area contributed by atoms with Crippen molar-refractivity contribution in [2.75, 3.05) is 16.8 Å². The van der Waals surface area contributed by atoms with Crippen molar-refractivity contribution in [1.82, 2.24) is 4.98 Å². The molecule has 13 heteroatoms. The third-order valence-electron chi connectivity index (χ3n) is 4.66. The molecule has 3 atom stereocenters. The SMILES string of the molecule is [2H]C([2H])([2H])N(C(=O)[C@@H]1[C@H](O)[C@H](O)C(=O)N1c1cc(C(F)(F)F)cc(C)n1)c1ccc(F)c(Cl)c1F. The third-order valence-corrected chi connectivity index (χ3v) is 5.01. The standard InChI is InChI=1S/C19H15ClF5N3O4/c1-7-5-8(19(23,24)25)6-11(26-7)28-14(15(29)16(30)18(28)32)17(31)27(2)10-4-3-9(21)12(20)13(10)22/h3-6,14-16,29-30H,1-2H3/t14-,15-,16-/m0/s1/i2D3. The fourth-order valence-corrected chi connectivity index (χ4v) is 3.30. The van der Waals surface area contributed by atoms with E-state index in [1.165, 1.54) is 0 Å². The van der Waals surface area contributed by atoms with Crippen LogP contribution < -0.4 is 9.80 Å². The minimum atomic E-state index is -4.92. The number of aromatic nitrogens is 1. The second-order valence-electron chi connectivity index (χ2n) is 6.81. The Labute approximate surface area is 186 Å². The van der Waals surface area contributed by atoms with E-state index in [1.54, 1.807) is 0 Å². The number of benzene rings is 1. The highest BCUT2D eigenvalue weighted by molar-refractivity contribution is 6.31. The fraction of sp³-hybridized carbons (Fsp3) is 0.316. The number of aryl methyl sites for hydroxylation is 1. The number of likely N-dealkylation sites (N-methyl/N-ethyl adjacent to an activating group) is 1. The van der Waals surface area contributed by atoms with Crippen molar-refractivity contribution in [3.8, 4) is 0 Å². The molecule has 1 aromatic carbocycles. The van der Waals surface area contributed by atoms with Gasteiger partial charge in [-0.25, -0.2) is 13.8 Å². The summed E-state index contributed by atoms with van der Waals surface area (Å²) in [4.78, 5) is 29.7. The smallest absolute Gasteiger partial charge is 0.387 e. The molecule has 32 heavy (non-hydrogen) atoms. The summed E-state index contributed by atoms with van der Waals surface area (Å²) in [5.74, 6) is -7.00. The molecule has 2 aromatic rings. The van der Waals surface area contributed by atoms with Gasteiger partial charge >= 0.3 is 6.18 Å². The third kappa shape index (κ3) is 4.00. The van der Waals surface area contributed by atoms with E-state index >= 15 is 0 Å². The van der Waals surface area contributed by atoms with Crippen LogP contribution in [-0.2, 0) is 15.8 Å². The van der Waals surface area contributed by atoms with E-state index in [0.717, 1.165) is 6.92 Å². The summed E-state index contributed by atoms with van der Waals surface area (Å²) in [6.07, 6.45) is -9.63. The lowest BCUT2D eigenvalue weighted by molar-refractivity contribution is -0.137. The van der Waals surface area contributed by atoms with Gasteiger partial charge in [0.2, 0.25) is 0 Å². The molecule has 0 unspecified atom stereocenters. The summed E-state index contributed by atoms with van der Waals surface area (Å²) in [6, 6.07) is -0.273. The lowest BCUT2D eigenvalue weighted by Gasteiger charge is -2.29. The number of aliphatic hydroxyl groups is 2. The highest BCUT2D eigenvalue weighted by Gasteiger charge is 2.53. The molecule has 0 bridgehead atoms. The Morgan fingerprint density at radius 2 is 1.94 bits per heavy atom. The van der Waals surface area contributed by atoms with Gasteiger partial charge in [-0.2, -0.15) is 13.2 Å². The van der Waals surface area contributed by atoms with Gasteiger partial charge in [0.15, 0.2) is 11.9 Å². The Morgan fingerprint density at radius 3 is 2.53 bits per heavy atom. The number of halogens is 6. The molecule has 2 heterocycles. The highest BCUT2D eigenvalue weighted by Crippen LogP contribution is 2.35. The first-order valence-corrected chi connectivity index (χ1v) is 9.07. The zero-order chi connectivity index (χ0) is 26.6. The Kier molecular flexibility index (Phi) is 5.12. The molecule has 1 saturated heterocycles. The Hall–Kier alpha value is -2.83. The summed E-state index contributed by atoms with van der Waals surface area (Å²) in [5.41, 5.74) is -2.64. The van der Waals surface area contributed by atoms with E-state index in [1.807, 2.05) is 0 Å². The lowest BCUT2D eigenvalue weighted by Crippen LogP contribution is -2.50. The van der Waals surface area contributed by atoms with Crippen LogP contribution >= 0.6 is 11.6 Å². The van der Waals surface area contributed by atoms with E-state index in [4.69, 9.17) is 15.7 Å². The minimum absolute atomic E-state index is 0.196. The summed E-state index contributed by atoms with van der Waals surface area (Å²) in [7, 11) is 0. The molecular formula is C19H15ClF5N3O4. The van der Waals surface area contributed by atoms with E-state index in [0.29, 0.717) is 24.3 Å². The zero-order valence-electron chi connectivity index (χ0n) is 18.9. The molecule has 1 aliphatic heterocycles. The first-order valence-electron chi connectivity index (χ1n) is 10.2. The lowest BCUT2D eigenvalue weighted by atomic mass is 10.1. The Morgan fingerprint density at radius 1 is 1.28 bits per heavy atom. The number of carbonyl (C=O) groups excluding carboxylic acids is 2. The Bertz CT molecular complexity index is 1200. The molecule has 2 amide bonds. The van der Waals surface area contributed by atoms with Crippen molar-refractivity contribution in [3.63, 3.8) is 0 Å². The maximum atomic E-state index is 14.7. The molecule has 172 valence electrons. The van der Waals surface area contributed by atoms with E-state index < -0.39 is 76.9 Å². The van der Waals surface area contributed by atoms with Gasteiger partial charge in [0.25, 0.3) is 11.8 Å². The van der Waals surface area contributed by atoms with Crippen molar-refractivity contribution in [3.05, 3.63) is 52.2 Å². The number of carbonyl (C=O) groups is 2. The van der Waals surface area contributed by atoms with Crippen molar-refractivity contribution < 1.29 is 45.9 Å². The molecule has 2 N–H and O–H groups in total. The second-order valence-corrected chi connectivity index (χ2v) is 7.19. The van der Waals surface area contributed by atoms with Gasteiger partial charge < -0.3 is 15.1 Å². The molecule has 3 rings (SSSR count). The summed E-state index contributed by atoms with van der Waals surface area (Å²) >= 11 is 5.48. The van der Waals surface area contributed by atoms with Crippen LogP contribution in [0.5, 0.6) is 0 Å². The van der Waals surface area contributed by atoms with E-state index in [9.17, 15) is 41.8 Å². The predicted molar refractivity (Wildman–Crippen MR) is 102 cm³/mol. The van der Waals surface area contributed by atoms with Crippen LogP contribution in [-0.4, -0.2) is 52.2 Å². The van der Waals surface area contributed by atoms with E-state index in [-0.39, 0.29) is 15.5 Å². The largest absolute Gasteiger partial charge is 0.416 e. The monoisotopic (exact) mass is 482 g/mol. The number of anilines is 2. The number of hydrogen-bond donors (Lipinski definition) is 2. The summed E-state index contributed by atoms with van der Waals surface area (Å²) < 4.78 is 91.1. The number of pyridine rings is 1. The van der Waals surface area contributed by atoms with Gasteiger partial charge in [0, 0.05) is 16.8 Å². The quantitative estimate of drug-likeness (QED) is 0.518. The van der Waals surface area contributed by atoms with E-state index in [2.05, 4.69) is 4.98 Å². The topological polar surface area (TPSA) is 94.0 Å². The molecule has 0 spiro atoms.